The summed E-state index contributed by atoms with van der Waals surface area (Å²) in [5.41, 5.74) is -0.582. The predicted octanol–water partition coefficient (Wildman–Crippen LogP) is 1.58. The van der Waals surface area contributed by atoms with Crippen molar-refractivity contribution >= 4 is 5.97 Å². The fourth-order valence-electron chi connectivity index (χ4n) is 2.14. The summed E-state index contributed by atoms with van der Waals surface area (Å²) in [6.07, 6.45) is 2.92. The van der Waals surface area contributed by atoms with E-state index < -0.39 is 5.54 Å². The van der Waals surface area contributed by atoms with Crippen molar-refractivity contribution in [1.82, 2.24) is 15.1 Å². The van der Waals surface area contributed by atoms with E-state index in [1.54, 1.807) is 0 Å². The van der Waals surface area contributed by atoms with Crippen molar-refractivity contribution in [2.75, 3.05) is 53.9 Å². The third-order valence-electron chi connectivity index (χ3n) is 3.63. The quantitative estimate of drug-likeness (QED) is 0.555. The number of carbonyl (C=O) groups excluding carboxylic acids is 1. The van der Waals surface area contributed by atoms with E-state index in [9.17, 15) is 4.79 Å². The summed E-state index contributed by atoms with van der Waals surface area (Å²) in [5, 5.41) is 3.35. The Bertz CT molecular complexity index is 285. The molecular formula is C16H35N3O2. The SMILES string of the molecule is CCCNC(C)(CCN(C)CCCN(C)C)C(=O)OCC. The van der Waals surface area contributed by atoms with Gasteiger partial charge in [-0.15, -0.1) is 0 Å². The van der Waals surface area contributed by atoms with Gasteiger partial charge in [-0.3, -0.25) is 4.79 Å². The summed E-state index contributed by atoms with van der Waals surface area (Å²) < 4.78 is 5.22. The van der Waals surface area contributed by atoms with Crippen LogP contribution in [0.25, 0.3) is 0 Å². The number of nitrogens with one attached hydrogen (secondary N) is 1. The molecule has 0 saturated carbocycles. The lowest BCUT2D eigenvalue weighted by Gasteiger charge is -2.30. The third kappa shape index (κ3) is 9.06. The van der Waals surface area contributed by atoms with Crippen LogP contribution in [0.5, 0.6) is 0 Å². The minimum Gasteiger partial charge on any atom is -0.465 e. The van der Waals surface area contributed by atoms with E-state index in [0.717, 1.165) is 45.4 Å². The van der Waals surface area contributed by atoms with E-state index in [1.807, 2.05) is 13.8 Å². The Kier molecular flexibility index (Phi) is 10.6. The summed E-state index contributed by atoms with van der Waals surface area (Å²) in [5.74, 6) is -0.139. The van der Waals surface area contributed by atoms with Crippen molar-refractivity contribution in [2.45, 2.75) is 45.6 Å². The molecule has 0 bridgehead atoms. The third-order valence-corrected chi connectivity index (χ3v) is 3.63. The van der Waals surface area contributed by atoms with Gasteiger partial charge < -0.3 is 19.9 Å². The van der Waals surface area contributed by atoms with Gasteiger partial charge in [0.2, 0.25) is 0 Å². The maximum absolute atomic E-state index is 12.2. The lowest BCUT2D eigenvalue weighted by molar-refractivity contribution is -0.151. The van der Waals surface area contributed by atoms with Crippen LogP contribution in [-0.2, 0) is 9.53 Å². The Hall–Kier alpha value is -0.650. The van der Waals surface area contributed by atoms with Crippen molar-refractivity contribution in [2.24, 2.45) is 0 Å². The Morgan fingerprint density at radius 2 is 1.81 bits per heavy atom. The molecule has 1 atom stereocenters. The lowest BCUT2D eigenvalue weighted by Crippen LogP contribution is -2.52. The summed E-state index contributed by atoms with van der Waals surface area (Å²) in [6, 6.07) is 0. The van der Waals surface area contributed by atoms with Crippen molar-refractivity contribution < 1.29 is 9.53 Å². The van der Waals surface area contributed by atoms with Crippen molar-refractivity contribution in [3.8, 4) is 0 Å². The van der Waals surface area contributed by atoms with E-state index in [2.05, 4.69) is 43.2 Å². The first-order valence-electron chi connectivity index (χ1n) is 8.11. The molecule has 0 aromatic rings. The molecular weight excluding hydrogens is 266 g/mol. The van der Waals surface area contributed by atoms with Crippen molar-refractivity contribution in [1.29, 1.82) is 0 Å². The maximum atomic E-state index is 12.2. The molecule has 0 heterocycles. The van der Waals surface area contributed by atoms with Gasteiger partial charge >= 0.3 is 5.97 Å². The zero-order chi connectivity index (χ0) is 16.3. The van der Waals surface area contributed by atoms with Crippen LogP contribution in [0.3, 0.4) is 0 Å². The van der Waals surface area contributed by atoms with Crippen LogP contribution in [0.15, 0.2) is 0 Å². The topological polar surface area (TPSA) is 44.8 Å². The summed E-state index contributed by atoms with van der Waals surface area (Å²) in [6.45, 7) is 10.2. The molecule has 0 aliphatic heterocycles. The largest absolute Gasteiger partial charge is 0.465 e. The minimum atomic E-state index is -0.582. The smallest absolute Gasteiger partial charge is 0.326 e. The van der Waals surface area contributed by atoms with Gasteiger partial charge in [0, 0.05) is 6.54 Å². The van der Waals surface area contributed by atoms with Crippen LogP contribution in [0.1, 0.15) is 40.0 Å². The first-order chi connectivity index (χ1) is 9.85. The van der Waals surface area contributed by atoms with Crippen LogP contribution >= 0.6 is 0 Å². The van der Waals surface area contributed by atoms with Gasteiger partial charge in [0.1, 0.15) is 5.54 Å². The van der Waals surface area contributed by atoms with Gasteiger partial charge in [-0.2, -0.15) is 0 Å². The first kappa shape index (κ1) is 20.3. The summed E-state index contributed by atoms with van der Waals surface area (Å²) >= 11 is 0. The number of nitrogens with zero attached hydrogens (tertiary/aromatic N) is 2. The molecule has 5 heteroatoms. The van der Waals surface area contributed by atoms with Crippen molar-refractivity contribution in [3.63, 3.8) is 0 Å². The molecule has 0 saturated heterocycles. The zero-order valence-corrected chi connectivity index (χ0v) is 14.9. The fraction of sp³-hybridized carbons (Fsp3) is 0.938. The zero-order valence-electron chi connectivity index (χ0n) is 14.9. The average molecular weight is 301 g/mol. The molecule has 0 fully saturated rings. The summed E-state index contributed by atoms with van der Waals surface area (Å²) in [7, 11) is 6.29. The fourth-order valence-corrected chi connectivity index (χ4v) is 2.14. The van der Waals surface area contributed by atoms with E-state index in [-0.39, 0.29) is 5.97 Å². The standard InChI is InChI=1S/C16H35N3O2/c1-7-11-17-16(3,15(20)21-8-2)10-14-19(6)13-9-12-18(4)5/h17H,7-14H2,1-6H3. The van der Waals surface area contributed by atoms with Crippen LogP contribution in [0.2, 0.25) is 0 Å². The number of esters is 1. The molecule has 0 spiro atoms. The highest BCUT2D eigenvalue weighted by Crippen LogP contribution is 2.13. The Morgan fingerprint density at radius 3 is 2.33 bits per heavy atom. The van der Waals surface area contributed by atoms with Gasteiger partial charge in [-0.05, 0) is 73.9 Å². The van der Waals surface area contributed by atoms with Gasteiger partial charge in [0.25, 0.3) is 0 Å². The highest BCUT2D eigenvalue weighted by atomic mass is 16.5. The minimum absolute atomic E-state index is 0.139. The number of hydrogen-bond donors (Lipinski definition) is 1. The number of rotatable bonds is 12. The molecule has 126 valence electrons. The first-order valence-corrected chi connectivity index (χ1v) is 8.11. The molecule has 0 rings (SSSR count). The van der Waals surface area contributed by atoms with Gasteiger partial charge in [0.15, 0.2) is 0 Å². The number of carbonyl (C=O) groups is 1. The van der Waals surface area contributed by atoms with Gasteiger partial charge in [0.05, 0.1) is 6.61 Å². The van der Waals surface area contributed by atoms with E-state index in [1.165, 1.54) is 0 Å². The lowest BCUT2D eigenvalue weighted by atomic mass is 9.97. The van der Waals surface area contributed by atoms with Crippen LogP contribution in [-0.4, -0.2) is 75.2 Å². The molecule has 0 aliphatic carbocycles. The maximum Gasteiger partial charge on any atom is 0.326 e. The molecule has 0 aliphatic rings. The second kappa shape index (κ2) is 11.0. The second-order valence-electron chi connectivity index (χ2n) is 6.19. The van der Waals surface area contributed by atoms with Crippen molar-refractivity contribution in [3.05, 3.63) is 0 Å². The molecule has 5 nitrogen and oxygen atoms in total. The molecule has 1 N–H and O–H groups in total. The molecule has 0 aromatic carbocycles. The number of hydrogen-bond acceptors (Lipinski definition) is 5. The highest BCUT2D eigenvalue weighted by molar-refractivity contribution is 5.80. The Labute approximate surface area is 131 Å². The van der Waals surface area contributed by atoms with E-state index in [4.69, 9.17) is 4.74 Å². The Balaban J connectivity index is 4.30. The predicted molar refractivity (Wildman–Crippen MR) is 88.6 cm³/mol. The highest BCUT2D eigenvalue weighted by Gasteiger charge is 2.33. The molecule has 0 radical (unpaired) electrons. The van der Waals surface area contributed by atoms with Crippen LogP contribution in [0, 0.1) is 0 Å². The van der Waals surface area contributed by atoms with E-state index in [0.29, 0.717) is 6.61 Å². The monoisotopic (exact) mass is 301 g/mol. The van der Waals surface area contributed by atoms with Crippen LogP contribution < -0.4 is 5.32 Å². The van der Waals surface area contributed by atoms with Gasteiger partial charge in [-0.1, -0.05) is 6.92 Å². The normalized spacial score (nSPS) is 14.5. The molecule has 0 amide bonds. The Morgan fingerprint density at radius 1 is 1.14 bits per heavy atom. The average Bonchev–Trinajstić information content (AvgIpc) is 2.42. The molecule has 1 unspecified atom stereocenters. The molecule has 21 heavy (non-hydrogen) atoms. The number of ether oxygens (including phenoxy) is 1. The summed E-state index contributed by atoms with van der Waals surface area (Å²) in [4.78, 5) is 16.7. The van der Waals surface area contributed by atoms with E-state index >= 15 is 0 Å². The van der Waals surface area contributed by atoms with Crippen LogP contribution in [0.4, 0.5) is 0 Å². The molecule has 0 aromatic heterocycles. The van der Waals surface area contributed by atoms with Gasteiger partial charge in [-0.25, -0.2) is 0 Å². The second-order valence-corrected chi connectivity index (χ2v) is 6.19.